The molecule has 8 saturated heterocycles. The van der Waals surface area contributed by atoms with E-state index in [1.165, 1.54) is 12.8 Å². The van der Waals surface area contributed by atoms with Crippen LogP contribution in [0, 0.1) is 35.5 Å². The lowest BCUT2D eigenvalue weighted by Crippen LogP contribution is -2.42. The van der Waals surface area contributed by atoms with Gasteiger partial charge in [0, 0.05) is 78.4 Å². The molecule has 1 saturated carbocycles. The Kier molecular flexibility index (Phi) is 16.0. The fourth-order valence-electron chi connectivity index (χ4n) is 10.6. The van der Waals surface area contributed by atoms with Gasteiger partial charge in [0.2, 0.25) is 0 Å². The van der Waals surface area contributed by atoms with Gasteiger partial charge in [-0.3, -0.25) is 0 Å². The molecule has 14 heteroatoms. The van der Waals surface area contributed by atoms with E-state index in [0.717, 1.165) is 57.7 Å². The van der Waals surface area contributed by atoms with Crippen LogP contribution in [-0.2, 0) is 37.9 Å². The van der Waals surface area contributed by atoms with Gasteiger partial charge in [-0.1, -0.05) is 62.3 Å². The van der Waals surface area contributed by atoms with Crippen molar-refractivity contribution in [3.8, 4) is 0 Å². The summed E-state index contributed by atoms with van der Waals surface area (Å²) >= 11 is 1.98. The molecule has 19 atom stereocenters. The lowest BCUT2D eigenvalue weighted by molar-refractivity contribution is -0.105. The molecule has 9 fully saturated rings. The van der Waals surface area contributed by atoms with E-state index in [9.17, 15) is 0 Å². The number of rotatable bonds is 6. The molecular weight excluding hydrogens is 707 g/mol. The SMILES string of the molecule is [B][C@@H]1OCC(C)[C@H]1OCCC.[B][C@@H]1O[C@@]2(C)CO[C@H]1C2C.[B][C@@H]1O[C@@]2(CC)CCO[C@H]1C2C.[B][C@@H]1O[C@@]2(CC)CC[C@H]1C2C.[B][C@@H]1O[C@@]2(CC)CS[C@H]1C2C. The summed E-state index contributed by atoms with van der Waals surface area (Å²) in [6.07, 6.45) is 8.16. The molecule has 55 heavy (non-hydrogen) atoms. The zero-order chi connectivity index (χ0) is 40.5. The molecule has 5 unspecified atom stereocenters. The van der Waals surface area contributed by atoms with Crippen LogP contribution in [0.1, 0.15) is 114 Å². The Bertz CT molecular complexity index is 1180. The summed E-state index contributed by atoms with van der Waals surface area (Å²) in [5.41, 5.74) is 0.186. The third kappa shape index (κ3) is 9.19. The maximum atomic E-state index is 5.85. The van der Waals surface area contributed by atoms with Crippen LogP contribution in [0.4, 0.5) is 0 Å². The number of hydrogen-bond acceptors (Lipinski definition) is 9. The molecule has 10 radical (unpaired) electrons. The Balaban J connectivity index is 0.000000132. The second-order valence-corrected chi connectivity index (χ2v) is 19.2. The Morgan fingerprint density at radius 3 is 1.60 bits per heavy atom. The molecule has 9 rings (SSSR count). The monoisotopic (exact) mass is 777 g/mol. The molecule has 0 aromatic heterocycles. The first-order valence-electron chi connectivity index (χ1n) is 21.5. The molecule has 0 N–H and O–H groups in total. The van der Waals surface area contributed by atoms with Crippen LogP contribution in [0.5, 0.6) is 0 Å². The fraction of sp³-hybridized carbons (Fsp3) is 1.00. The predicted molar refractivity (Wildman–Crippen MR) is 224 cm³/mol. The van der Waals surface area contributed by atoms with Crippen molar-refractivity contribution in [3.05, 3.63) is 0 Å². The van der Waals surface area contributed by atoms with Crippen molar-refractivity contribution < 1.29 is 37.9 Å². The van der Waals surface area contributed by atoms with Gasteiger partial charge >= 0.3 is 0 Å². The molecule has 8 bridgehead atoms. The first kappa shape index (κ1) is 46.4. The molecule has 302 valence electrons. The van der Waals surface area contributed by atoms with Gasteiger partial charge in [-0.2, -0.15) is 11.8 Å². The Morgan fingerprint density at radius 1 is 0.636 bits per heavy atom. The maximum absolute atomic E-state index is 5.85. The molecule has 8 heterocycles. The highest BCUT2D eigenvalue weighted by Crippen LogP contribution is 2.54. The topological polar surface area (TPSA) is 73.8 Å². The van der Waals surface area contributed by atoms with E-state index in [4.69, 9.17) is 77.1 Å². The average molecular weight is 776 g/mol. The van der Waals surface area contributed by atoms with Gasteiger partial charge in [0.1, 0.15) is 39.2 Å². The highest BCUT2D eigenvalue weighted by Gasteiger charge is 2.57. The molecule has 8 nitrogen and oxygen atoms in total. The van der Waals surface area contributed by atoms with Crippen molar-refractivity contribution in [2.75, 3.05) is 32.2 Å². The summed E-state index contributed by atoms with van der Waals surface area (Å²) in [7, 11) is 28.8. The quantitative estimate of drug-likeness (QED) is 0.328. The van der Waals surface area contributed by atoms with Crippen molar-refractivity contribution in [2.24, 2.45) is 35.5 Å². The van der Waals surface area contributed by atoms with Crippen LogP contribution in [0.2, 0.25) is 0 Å². The standard InChI is InChI=1S/C9H15BO2.C9H15BO.C8H15BO2.C8H13BOS.C7H11BO2/c1-3-9-4-5-11-7(6(9)2)8(10)12-9;1-3-9-5-4-7(6(9)2)8(10)11-9;1-3-4-10-7-6(2)5-11-8(7)9;1-3-8-4-11-6(5(8)2)7(9)10-8;1-4-5-6(8)10-7(4,2)3-9-5/h6-8H,3-5H2,1-2H3;2*6-8H,3-5H2,1-2H3;5-7H,3-4H2,1-2H3;4-6H,3H2,1-2H3/t2*6?,7-,8+,9-;6?,7-,8-;5?,6-,7+,8-;4?,5-,6+,7-/m00100/s1. The average Bonchev–Trinajstić information content (AvgIpc) is 4.00. The fourth-order valence-corrected chi connectivity index (χ4v) is 12.4. The summed E-state index contributed by atoms with van der Waals surface area (Å²) < 4.78 is 44.6. The first-order valence-corrected chi connectivity index (χ1v) is 22.6. The van der Waals surface area contributed by atoms with Crippen LogP contribution in [0.25, 0.3) is 0 Å². The number of hydrogen-bond donors (Lipinski definition) is 0. The molecule has 0 aromatic rings. The van der Waals surface area contributed by atoms with Gasteiger partial charge in [-0.15, -0.1) is 0 Å². The van der Waals surface area contributed by atoms with Crippen LogP contribution >= 0.6 is 11.8 Å². The number of fused-ring (bicyclic) bond motifs is 8. The van der Waals surface area contributed by atoms with Crippen LogP contribution < -0.4 is 0 Å². The highest BCUT2D eigenvalue weighted by molar-refractivity contribution is 8.00. The second kappa shape index (κ2) is 19.0. The van der Waals surface area contributed by atoms with Crippen molar-refractivity contribution in [2.45, 2.75) is 190 Å². The van der Waals surface area contributed by atoms with Crippen molar-refractivity contribution in [1.29, 1.82) is 0 Å². The molecular formula is C41H69B5O8S. The maximum Gasteiger partial charge on any atom is 0.112 e. The van der Waals surface area contributed by atoms with Crippen LogP contribution in [-0.4, -0.2) is 147 Å². The van der Waals surface area contributed by atoms with Gasteiger partial charge < -0.3 is 37.9 Å². The minimum Gasteiger partial charge on any atom is -0.385 e. The predicted octanol–water partition coefficient (Wildman–Crippen LogP) is 5.45. The van der Waals surface area contributed by atoms with Crippen molar-refractivity contribution >= 4 is 51.0 Å². The summed E-state index contributed by atoms with van der Waals surface area (Å²) in [5.74, 6) is 4.44. The number of ether oxygens (including phenoxy) is 8. The van der Waals surface area contributed by atoms with Gasteiger partial charge in [-0.05, 0) is 63.2 Å². The van der Waals surface area contributed by atoms with Crippen molar-refractivity contribution in [1.82, 2.24) is 0 Å². The summed E-state index contributed by atoms with van der Waals surface area (Å²) in [5, 5.41) is 0.551. The summed E-state index contributed by atoms with van der Waals surface area (Å²) in [6.45, 7) is 24.7. The van der Waals surface area contributed by atoms with Gasteiger partial charge in [-0.25, -0.2) is 0 Å². The van der Waals surface area contributed by atoms with Gasteiger partial charge in [0.05, 0.1) is 53.9 Å². The third-order valence-corrected chi connectivity index (χ3v) is 16.8. The second-order valence-electron chi connectivity index (χ2n) is 18.0. The molecule has 9 aliphatic rings. The van der Waals surface area contributed by atoms with E-state index in [1.54, 1.807) is 0 Å². The largest absolute Gasteiger partial charge is 0.385 e. The first-order chi connectivity index (χ1) is 26.0. The zero-order valence-electron chi connectivity index (χ0n) is 35.7. The number of thioether (sulfide) groups is 1. The lowest BCUT2D eigenvalue weighted by Gasteiger charge is -2.36. The van der Waals surface area contributed by atoms with Gasteiger partial charge in [0.15, 0.2) is 0 Å². The normalized spacial score (nSPS) is 52.0. The molecule has 1 aliphatic carbocycles. The smallest absolute Gasteiger partial charge is 0.112 e. The Labute approximate surface area is 345 Å². The lowest BCUT2D eigenvalue weighted by atomic mass is 9.78. The van der Waals surface area contributed by atoms with E-state index in [0.29, 0.717) is 47.4 Å². The van der Waals surface area contributed by atoms with E-state index in [-0.39, 0.29) is 70.7 Å². The summed E-state index contributed by atoms with van der Waals surface area (Å²) in [6, 6.07) is -0.602. The van der Waals surface area contributed by atoms with E-state index >= 15 is 0 Å². The van der Waals surface area contributed by atoms with Crippen LogP contribution in [0.3, 0.4) is 0 Å². The zero-order valence-corrected chi connectivity index (χ0v) is 36.5. The molecule has 0 spiro atoms. The highest BCUT2D eigenvalue weighted by atomic mass is 32.2. The summed E-state index contributed by atoms with van der Waals surface area (Å²) in [4.78, 5) is 0. The molecule has 0 amide bonds. The minimum atomic E-state index is -0.212. The minimum absolute atomic E-state index is 0.0105. The van der Waals surface area contributed by atoms with Crippen LogP contribution in [0.15, 0.2) is 0 Å². The Morgan fingerprint density at radius 2 is 1.24 bits per heavy atom. The van der Waals surface area contributed by atoms with E-state index in [1.807, 2.05) is 11.8 Å². The third-order valence-electron chi connectivity index (χ3n) is 15.0. The molecule has 0 aromatic carbocycles. The van der Waals surface area contributed by atoms with E-state index < -0.39 is 0 Å². The van der Waals surface area contributed by atoms with Gasteiger partial charge in [0.25, 0.3) is 0 Å². The van der Waals surface area contributed by atoms with Crippen molar-refractivity contribution in [3.63, 3.8) is 0 Å². The molecule has 8 aliphatic heterocycles. The Hall–Kier alpha value is 0.355. The van der Waals surface area contributed by atoms with E-state index in [2.05, 4.69) is 69.2 Å².